The Morgan fingerprint density at radius 1 is 1.41 bits per heavy atom. The van der Waals surface area contributed by atoms with Crippen LogP contribution in [0.2, 0.25) is 0 Å². The van der Waals surface area contributed by atoms with Crippen LogP contribution in [0.4, 0.5) is 5.13 Å². The maximum atomic E-state index is 12.9. The van der Waals surface area contributed by atoms with Crippen LogP contribution in [0.25, 0.3) is 0 Å². The Kier molecular flexibility index (Phi) is 5.61. The summed E-state index contributed by atoms with van der Waals surface area (Å²) in [4.78, 5) is 35.7. The zero-order chi connectivity index (χ0) is 19.6. The predicted octanol–water partition coefficient (Wildman–Crippen LogP) is 1.58. The maximum absolute atomic E-state index is 12.9. The van der Waals surface area contributed by atoms with Crippen molar-refractivity contribution in [2.45, 2.75) is 33.2 Å². The molecule has 1 atom stereocenters. The van der Waals surface area contributed by atoms with Crippen molar-refractivity contribution in [2.75, 3.05) is 25.0 Å². The molecule has 0 aromatic carbocycles. The van der Waals surface area contributed by atoms with Gasteiger partial charge >= 0.3 is 0 Å². The molecule has 2 aromatic rings. The summed E-state index contributed by atoms with van der Waals surface area (Å²) < 4.78 is 1.95. The predicted molar refractivity (Wildman–Crippen MR) is 104 cm³/mol. The van der Waals surface area contributed by atoms with Crippen LogP contribution in [-0.2, 0) is 23.1 Å². The Balaban J connectivity index is 1.67. The average Bonchev–Trinajstić information content (AvgIpc) is 3.23. The number of carbonyl (C=O) groups is 2. The Bertz CT molecular complexity index is 822. The molecule has 9 heteroatoms. The highest BCUT2D eigenvalue weighted by Crippen LogP contribution is 2.24. The lowest BCUT2D eigenvalue weighted by molar-refractivity contribution is -0.134. The largest absolute Gasteiger partial charge is 0.336 e. The van der Waals surface area contributed by atoms with Gasteiger partial charge in [0.25, 0.3) is 0 Å². The summed E-state index contributed by atoms with van der Waals surface area (Å²) in [6.45, 7) is 7.62. The number of rotatable bonds is 4. The summed E-state index contributed by atoms with van der Waals surface area (Å²) in [5.74, 6) is 0.794. The minimum atomic E-state index is -0.488. The topological polar surface area (TPSA) is 92.2 Å². The van der Waals surface area contributed by atoms with E-state index in [0.717, 1.165) is 12.4 Å². The van der Waals surface area contributed by atoms with Crippen LogP contribution < -0.4 is 10.6 Å². The monoisotopic (exact) mass is 390 g/mol. The fourth-order valence-electron chi connectivity index (χ4n) is 2.92. The molecule has 2 aromatic heterocycles. The van der Waals surface area contributed by atoms with Crippen molar-refractivity contribution in [3.63, 3.8) is 0 Å². The van der Waals surface area contributed by atoms with E-state index in [1.807, 2.05) is 48.9 Å². The molecule has 27 heavy (non-hydrogen) atoms. The number of piperazine rings is 1. The van der Waals surface area contributed by atoms with Crippen LogP contribution in [0.3, 0.4) is 0 Å². The third-order valence-corrected chi connectivity index (χ3v) is 5.31. The van der Waals surface area contributed by atoms with Crippen LogP contribution in [0.5, 0.6) is 0 Å². The van der Waals surface area contributed by atoms with Crippen LogP contribution in [0, 0.1) is 5.41 Å². The number of anilines is 1. The molecule has 0 spiro atoms. The summed E-state index contributed by atoms with van der Waals surface area (Å²) in [6, 6.07) is -0.0926. The van der Waals surface area contributed by atoms with Gasteiger partial charge in [-0.05, 0) is 0 Å². The Morgan fingerprint density at radius 2 is 2.19 bits per heavy atom. The lowest BCUT2D eigenvalue weighted by Crippen LogP contribution is -2.49. The normalized spacial score (nSPS) is 17.8. The third-order valence-electron chi connectivity index (χ3n) is 4.51. The summed E-state index contributed by atoms with van der Waals surface area (Å²) in [7, 11) is 1.93. The number of amides is 2. The van der Waals surface area contributed by atoms with Gasteiger partial charge in [-0.3, -0.25) is 9.59 Å². The Labute approximate surface area is 163 Å². The molecule has 2 amide bonds. The van der Waals surface area contributed by atoms with Crippen molar-refractivity contribution in [3.05, 3.63) is 29.3 Å². The molecule has 0 radical (unpaired) electrons. The maximum Gasteiger partial charge on any atom is 0.231 e. The van der Waals surface area contributed by atoms with Crippen molar-refractivity contribution in [1.29, 1.82) is 0 Å². The first-order valence-electron chi connectivity index (χ1n) is 8.99. The molecule has 3 rings (SSSR count). The molecule has 1 fully saturated rings. The Hall–Kier alpha value is -2.26. The molecule has 2 N–H and O–H groups in total. The van der Waals surface area contributed by atoms with Crippen LogP contribution in [-0.4, -0.2) is 50.9 Å². The van der Waals surface area contributed by atoms with Gasteiger partial charge in [0, 0.05) is 49.9 Å². The van der Waals surface area contributed by atoms with Crippen LogP contribution in [0.1, 0.15) is 38.3 Å². The molecule has 1 aliphatic heterocycles. The smallest absolute Gasteiger partial charge is 0.231 e. The van der Waals surface area contributed by atoms with E-state index in [4.69, 9.17) is 0 Å². The van der Waals surface area contributed by atoms with E-state index in [0.29, 0.717) is 23.9 Å². The van der Waals surface area contributed by atoms with E-state index in [1.165, 1.54) is 11.3 Å². The van der Waals surface area contributed by atoms with Gasteiger partial charge in [0.2, 0.25) is 11.8 Å². The first-order valence-corrected chi connectivity index (χ1v) is 9.87. The highest BCUT2D eigenvalue weighted by Gasteiger charge is 2.30. The average molecular weight is 391 g/mol. The zero-order valence-corrected chi connectivity index (χ0v) is 17.0. The van der Waals surface area contributed by atoms with Crippen molar-refractivity contribution in [1.82, 2.24) is 24.8 Å². The molecule has 0 aliphatic carbocycles. The van der Waals surface area contributed by atoms with Crippen molar-refractivity contribution >= 4 is 28.3 Å². The minimum absolute atomic E-state index is 0.0171. The quantitative estimate of drug-likeness (QED) is 0.827. The molecule has 1 saturated heterocycles. The number of aromatic nitrogens is 3. The second-order valence-electron chi connectivity index (χ2n) is 7.73. The SMILES string of the molecule is Cn1ccnc1C1CNCCN1C(=O)Cc1csc(NC(=O)C(C)(C)C)n1. The number of nitrogens with zero attached hydrogens (tertiary/aromatic N) is 4. The Morgan fingerprint density at radius 3 is 2.85 bits per heavy atom. The number of aryl methyl sites for hydroxylation is 1. The van der Waals surface area contributed by atoms with E-state index in [9.17, 15) is 9.59 Å². The molecule has 1 aliphatic rings. The molecular formula is C18H26N6O2S. The first-order chi connectivity index (χ1) is 12.8. The molecule has 1 unspecified atom stereocenters. The van der Waals surface area contributed by atoms with E-state index in [1.54, 1.807) is 6.20 Å². The number of carbonyl (C=O) groups excluding carboxylic acids is 2. The van der Waals surface area contributed by atoms with Gasteiger partial charge in [0.15, 0.2) is 5.13 Å². The van der Waals surface area contributed by atoms with Gasteiger partial charge in [0.05, 0.1) is 12.1 Å². The fraction of sp³-hybridized carbons (Fsp3) is 0.556. The van der Waals surface area contributed by atoms with E-state index >= 15 is 0 Å². The second kappa shape index (κ2) is 7.77. The van der Waals surface area contributed by atoms with Crippen molar-refractivity contribution in [3.8, 4) is 0 Å². The fourth-order valence-corrected chi connectivity index (χ4v) is 3.62. The number of thiazole rings is 1. The lowest BCUT2D eigenvalue weighted by atomic mass is 9.96. The molecule has 146 valence electrons. The van der Waals surface area contributed by atoms with Gasteiger partial charge in [-0.2, -0.15) is 0 Å². The first kappa shape index (κ1) is 19.5. The van der Waals surface area contributed by atoms with Gasteiger partial charge in [0.1, 0.15) is 11.9 Å². The number of imidazole rings is 1. The van der Waals surface area contributed by atoms with E-state index < -0.39 is 5.41 Å². The molecular weight excluding hydrogens is 364 g/mol. The van der Waals surface area contributed by atoms with Crippen molar-refractivity contribution < 1.29 is 9.59 Å². The summed E-state index contributed by atoms with van der Waals surface area (Å²) in [5.41, 5.74) is 0.184. The van der Waals surface area contributed by atoms with Gasteiger partial charge < -0.3 is 20.1 Å². The molecule has 0 saturated carbocycles. The van der Waals surface area contributed by atoms with Gasteiger partial charge in [-0.25, -0.2) is 9.97 Å². The lowest BCUT2D eigenvalue weighted by Gasteiger charge is -2.35. The highest BCUT2D eigenvalue weighted by atomic mass is 32.1. The van der Waals surface area contributed by atoms with Crippen LogP contribution >= 0.6 is 11.3 Å². The molecule has 8 nitrogen and oxygen atoms in total. The standard InChI is InChI=1S/C18H26N6O2S/c1-18(2,3)16(26)22-17-21-12(11-27-17)9-14(25)24-8-5-19-10-13(24)15-20-6-7-23(15)4/h6-7,11,13,19H,5,8-10H2,1-4H3,(H,21,22,26). The highest BCUT2D eigenvalue weighted by molar-refractivity contribution is 7.13. The number of hydrogen-bond acceptors (Lipinski definition) is 6. The number of hydrogen-bond donors (Lipinski definition) is 2. The zero-order valence-electron chi connectivity index (χ0n) is 16.2. The summed E-state index contributed by atoms with van der Waals surface area (Å²) in [5, 5.41) is 8.50. The number of nitrogens with one attached hydrogen (secondary N) is 2. The minimum Gasteiger partial charge on any atom is -0.336 e. The van der Waals surface area contributed by atoms with E-state index in [2.05, 4.69) is 20.6 Å². The van der Waals surface area contributed by atoms with Crippen molar-refractivity contribution in [2.24, 2.45) is 12.5 Å². The summed E-state index contributed by atoms with van der Waals surface area (Å²) >= 11 is 1.34. The molecule has 0 bridgehead atoms. The van der Waals surface area contributed by atoms with Gasteiger partial charge in [-0.1, -0.05) is 20.8 Å². The summed E-state index contributed by atoms with van der Waals surface area (Å²) in [6.07, 6.45) is 3.84. The second-order valence-corrected chi connectivity index (χ2v) is 8.59. The van der Waals surface area contributed by atoms with Crippen LogP contribution in [0.15, 0.2) is 17.8 Å². The third kappa shape index (κ3) is 4.54. The molecule has 3 heterocycles. The van der Waals surface area contributed by atoms with Gasteiger partial charge in [-0.15, -0.1) is 11.3 Å². The van der Waals surface area contributed by atoms with E-state index in [-0.39, 0.29) is 24.3 Å².